The second-order valence-corrected chi connectivity index (χ2v) is 28.7. The fourth-order valence-corrected chi connectivity index (χ4v) is 18.6. The second kappa shape index (κ2) is 21.0. The van der Waals surface area contributed by atoms with Crippen LogP contribution in [0.25, 0.3) is 0 Å². The van der Waals surface area contributed by atoms with E-state index in [4.69, 9.17) is 20.6 Å². The van der Waals surface area contributed by atoms with Crippen molar-refractivity contribution in [2.24, 2.45) is 91.6 Å². The van der Waals surface area contributed by atoms with Crippen LogP contribution < -0.4 is 63.1 Å². The number of fused-ring (bicyclic) bond motifs is 20. The third kappa shape index (κ3) is 11.9. The number of rotatable bonds is 12. The van der Waals surface area contributed by atoms with Crippen LogP contribution in [0.1, 0.15) is 77.0 Å². The summed E-state index contributed by atoms with van der Waals surface area (Å²) in [6.45, 7) is 0. The summed E-state index contributed by atoms with van der Waals surface area (Å²) < 4.78 is 103. The average Bonchev–Trinajstić information content (AvgIpc) is 3.96. The largest absolute Gasteiger partial charge is 0.392 e. The number of aliphatic hydroxyl groups is 4. The molecule has 1 radical (unpaired) electrons. The van der Waals surface area contributed by atoms with Crippen LogP contribution in [-0.2, 0) is 57.2 Å². The Morgan fingerprint density at radius 3 is 0.710 bits per heavy atom. The quantitative estimate of drug-likeness (QED) is 0.0809. The van der Waals surface area contributed by atoms with Gasteiger partial charge in [-0.25, -0.2) is 54.2 Å². The molecule has 9 fully saturated rings. The minimum Gasteiger partial charge on any atom is -0.392 e. The molecule has 0 aromatic carbocycles. The standard InChI is InChI=1S/C40H76N12O12S4.Cu/c41-65(57,58)13-23(53)27-28(24(54)14-66(42,59)60)30(26(56)16-68(44,63)64)32-31(29(27)25(55)15-67(43,61)62)39-50-37-21-11-5-3-9-19(21)35(48-37)46-33-17-7-1-2-8-18(17)34(45-33)47-36-20-10-4-6-12-22(20)38(49-36)51-40(32)52-39;/h17-40,45-56H,1-16H2,(H2,41,57,58)(H2,42,59,60)(H2,43,61,62)(H2,44,63,64);. The minimum atomic E-state index is -4.60. The molecule has 24 unspecified atom stereocenters. The molecule has 69 heavy (non-hydrogen) atoms. The molecule has 0 amide bonds. The van der Waals surface area contributed by atoms with Gasteiger partial charge in [-0.1, -0.05) is 38.5 Å². The van der Waals surface area contributed by atoms with Gasteiger partial charge in [0.25, 0.3) is 0 Å². The van der Waals surface area contributed by atoms with Gasteiger partial charge in [0.05, 0.1) is 96.8 Å². The molecule has 5 saturated heterocycles. The minimum absolute atomic E-state index is 0. The zero-order chi connectivity index (χ0) is 48.8. The van der Waals surface area contributed by atoms with Crippen LogP contribution >= 0.6 is 0 Å². The third-order valence-corrected chi connectivity index (χ3v) is 21.1. The zero-order valence-corrected chi connectivity index (χ0v) is 42.7. The summed E-state index contributed by atoms with van der Waals surface area (Å²) in [4.78, 5) is 0. The van der Waals surface area contributed by atoms with E-state index in [1.54, 1.807) is 0 Å². The van der Waals surface area contributed by atoms with E-state index in [9.17, 15) is 54.1 Å². The van der Waals surface area contributed by atoms with Crippen molar-refractivity contribution < 1.29 is 71.2 Å². The predicted octanol–water partition coefficient (Wildman–Crippen LogP) is -5.89. The van der Waals surface area contributed by atoms with Crippen molar-refractivity contribution in [1.29, 1.82) is 0 Å². The van der Waals surface area contributed by atoms with Crippen LogP contribution in [0.3, 0.4) is 0 Å². The summed E-state index contributed by atoms with van der Waals surface area (Å²) in [5, 5.41) is 102. The van der Waals surface area contributed by atoms with E-state index in [0.717, 1.165) is 77.0 Å². The number of hydrogen-bond acceptors (Lipinski definition) is 20. The Balaban J connectivity index is 0.00000642. The summed E-state index contributed by atoms with van der Waals surface area (Å²) >= 11 is 0. The Hall–Kier alpha value is -0.321. The maximum atomic E-state index is 13.0. The maximum absolute atomic E-state index is 13.0. The van der Waals surface area contributed by atoms with E-state index >= 15 is 0 Å². The van der Waals surface area contributed by atoms with Gasteiger partial charge in [0.2, 0.25) is 40.1 Å². The summed E-state index contributed by atoms with van der Waals surface area (Å²) in [5.74, 6) is -12.2. The van der Waals surface area contributed by atoms with Crippen LogP contribution in [0, 0.1) is 71.0 Å². The number of primary sulfonamides is 4. The molecular formula is C40H76CuN12O12S4. The zero-order valence-electron chi connectivity index (χ0n) is 38.5. The number of aliphatic hydroxyl groups excluding tert-OH is 4. The second-order valence-electron chi connectivity index (χ2n) is 22.0. The van der Waals surface area contributed by atoms with Crippen molar-refractivity contribution in [1.82, 2.24) is 42.5 Å². The van der Waals surface area contributed by atoms with Gasteiger partial charge < -0.3 is 20.4 Å². The van der Waals surface area contributed by atoms with Gasteiger partial charge >= 0.3 is 0 Å². The van der Waals surface area contributed by atoms with Crippen LogP contribution in [0.5, 0.6) is 0 Å². The fourth-order valence-electron chi connectivity index (χ4n) is 15.8. The van der Waals surface area contributed by atoms with Crippen LogP contribution in [0.15, 0.2) is 0 Å². The third-order valence-electron chi connectivity index (χ3n) is 17.9. The molecule has 9 rings (SSSR count). The van der Waals surface area contributed by atoms with Crippen molar-refractivity contribution in [2.45, 2.75) is 151 Å². The van der Waals surface area contributed by atoms with E-state index in [2.05, 4.69) is 42.5 Å². The van der Waals surface area contributed by atoms with Crippen molar-refractivity contribution in [2.75, 3.05) is 23.0 Å². The molecule has 403 valence electrons. The Bertz CT molecular complexity index is 2130. The van der Waals surface area contributed by atoms with Gasteiger partial charge in [-0.3, -0.25) is 42.5 Å². The molecule has 0 spiro atoms. The first-order valence-electron chi connectivity index (χ1n) is 24.7. The first-order valence-corrected chi connectivity index (χ1v) is 31.5. The number of nitrogens with one attached hydrogen (secondary N) is 8. The SMILES string of the molecule is NS(=O)(=O)CC(O)C1C(C(O)CS(N)(=O)=O)C(C(O)CS(N)(=O)=O)C2C3NC4NC(NC5NC(NC6NC(NC(N3)C2C1C(O)CS(N)(=O)=O)C1CCCCC61)C1CCCCC51)C1CCCCC41.[Cu]. The molecule has 24 nitrogen and oxygen atoms in total. The van der Waals surface area contributed by atoms with Crippen LogP contribution in [0.4, 0.5) is 0 Å². The molecule has 0 aromatic rings. The molecule has 24 atom stereocenters. The van der Waals surface area contributed by atoms with E-state index in [0.29, 0.717) is 11.8 Å². The Kier molecular flexibility index (Phi) is 16.7. The van der Waals surface area contributed by atoms with Crippen molar-refractivity contribution in [3.63, 3.8) is 0 Å². The van der Waals surface area contributed by atoms with Gasteiger partial charge in [-0.2, -0.15) is 0 Å². The maximum Gasteiger partial charge on any atom is 0.211 e. The monoisotopic (exact) mass is 1110 g/mol. The van der Waals surface area contributed by atoms with Crippen LogP contribution in [0.2, 0.25) is 0 Å². The predicted molar refractivity (Wildman–Crippen MR) is 249 cm³/mol. The summed E-state index contributed by atoms with van der Waals surface area (Å²) in [6.07, 6.45) is 0.703. The summed E-state index contributed by atoms with van der Waals surface area (Å²) in [7, 11) is -18.3. The number of hydrogen-bond donors (Lipinski definition) is 16. The van der Waals surface area contributed by atoms with E-state index in [1.807, 2.05) is 0 Å². The molecule has 20 N–H and O–H groups in total. The topological polar surface area (TPSA) is 418 Å². The molecular weight excluding hydrogens is 1030 g/mol. The van der Waals surface area contributed by atoms with Crippen molar-refractivity contribution in [3.05, 3.63) is 0 Å². The van der Waals surface area contributed by atoms with E-state index < -0.39 is 148 Å². The Labute approximate surface area is 416 Å². The first-order chi connectivity index (χ1) is 31.8. The smallest absolute Gasteiger partial charge is 0.211 e. The number of nitrogens with two attached hydrogens (primary N) is 4. The van der Waals surface area contributed by atoms with Crippen molar-refractivity contribution in [3.8, 4) is 0 Å². The summed E-state index contributed by atoms with van der Waals surface area (Å²) in [5.41, 5.74) is 0. The fraction of sp³-hybridized carbons (Fsp3) is 1.00. The van der Waals surface area contributed by atoms with E-state index in [1.165, 1.54) is 0 Å². The Morgan fingerprint density at radius 2 is 0.507 bits per heavy atom. The normalized spacial score (nSPS) is 45.4. The molecule has 4 saturated carbocycles. The van der Waals surface area contributed by atoms with Gasteiger partial charge in [0.1, 0.15) is 0 Å². The first kappa shape index (κ1) is 54.9. The van der Waals surface area contributed by atoms with Crippen molar-refractivity contribution >= 4 is 40.1 Å². The summed E-state index contributed by atoms with van der Waals surface area (Å²) in [6, 6.07) is 0. The van der Waals surface area contributed by atoms with Gasteiger partial charge in [-0.05, 0) is 110 Å². The van der Waals surface area contributed by atoms with Gasteiger partial charge in [-0.15, -0.1) is 0 Å². The molecule has 5 aliphatic heterocycles. The molecule has 4 aliphatic carbocycles. The van der Waals surface area contributed by atoms with Crippen LogP contribution in [-0.4, -0.2) is 151 Å². The molecule has 5 heterocycles. The molecule has 29 heteroatoms. The van der Waals surface area contributed by atoms with Gasteiger partial charge in [0.15, 0.2) is 0 Å². The molecule has 8 bridgehead atoms. The number of sulfonamides is 4. The average molecular weight is 1110 g/mol. The molecule has 9 aliphatic rings. The van der Waals surface area contributed by atoms with E-state index in [-0.39, 0.29) is 65.4 Å². The Morgan fingerprint density at radius 1 is 0.333 bits per heavy atom. The van der Waals surface area contributed by atoms with Gasteiger partial charge in [0, 0.05) is 17.1 Å². The molecule has 0 aromatic heterocycles.